The largest absolute Gasteiger partial charge is 0.497 e. The number of hydrogen-bond donors (Lipinski definition) is 1. The normalized spacial score (nSPS) is 19.1. The quantitative estimate of drug-likeness (QED) is 0.924. The Bertz CT molecular complexity index is 697. The van der Waals surface area contributed by atoms with E-state index in [1.165, 1.54) is 11.3 Å². The lowest BCUT2D eigenvalue weighted by Crippen LogP contribution is -2.43. The third-order valence-electron chi connectivity index (χ3n) is 4.49. The summed E-state index contributed by atoms with van der Waals surface area (Å²) < 4.78 is 5.16. The molecule has 2 aromatic rings. The molecule has 1 N–H and O–H groups in total. The highest BCUT2D eigenvalue weighted by Gasteiger charge is 2.28. The highest BCUT2D eigenvalue weighted by Crippen LogP contribution is 2.27. The molecule has 2 heterocycles. The van der Waals surface area contributed by atoms with Gasteiger partial charge in [-0.2, -0.15) is 0 Å². The number of ether oxygens (including phenoxy) is 1. The van der Waals surface area contributed by atoms with Crippen LogP contribution in [0.5, 0.6) is 5.75 Å². The van der Waals surface area contributed by atoms with Crippen LogP contribution in [0.25, 0.3) is 10.6 Å². The minimum Gasteiger partial charge on any atom is -0.497 e. The molecule has 1 aliphatic heterocycles. The first-order valence-electron chi connectivity index (χ1n) is 8.16. The molecule has 0 aliphatic carbocycles. The number of carbonyl (C=O) groups excluding carboxylic acids is 1. The van der Waals surface area contributed by atoms with Crippen molar-refractivity contribution in [2.24, 2.45) is 5.92 Å². The van der Waals surface area contributed by atoms with Crippen LogP contribution >= 0.6 is 11.3 Å². The second-order valence-corrected chi connectivity index (χ2v) is 7.02. The SMILES string of the molecule is COc1ccc(-c2nc(C(=O)N3CCCC(C(C)O)C3)cs2)cc1. The minimum atomic E-state index is -0.383. The molecule has 1 aromatic heterocycles. The fourth-order valence-corrected chi connectivity index (χ4v) is 3.79. The van der Waals surface area contributed by atoms with Crippen molar-refractivity contribution in [1.29, 1.82) is 0 Å². The van der Waals surface area contributed by atoms with E-state index in [-0.39, 0.29) is 17.9 Å². The Morgan fingerprint density at radius 1 is 1.42 bits per heavy atom. The summed E-state index contributed by atoms with van der Waals surface area (Å²) in [6.45, 7) is 3.13. The maximum Gasteiger partial charge on any atom is 0.273 e. The second-order valence-electron chi connectivity index (χ2n) is 6.16. The number of amides is 1. The van der Waals surface area contributed by atoms with Gasteiger partial charge < -0.3 is 14.7 Å². The van der Waals surface area contributed by atoms with Crippen LogP contribution in [0.2, 0.25) is 0 Å². The van der Waals surface area contributed by atoms with E-state index in [0.29, 0.717) is 12.2 Å². The van der Waals surface area contributed by atoms with Gasteiger partial charge in [0.1, 0.15) is 16.5 Å². The van der Waals surface area contributed by atoms with Crippen molar-refractivity contribution in [2.45, 2.75) is 25.9 Å². The van der Waals surface area contributed by atoms with Gasteiger partial charge in [-0.1, -0.05) is 0 Å². The average molecular weight is 346 g/mol. The van der Waals surface area contributed by atoms with Crippen LogP contribution in [0.1, 0.15) is 30.3 Å². The Kier molecular flexibility index (Phi) is 5.16. The summed E-state index contributed by atoms with van der Waals surface area (Å²) >= 11 is 1.47. The lowest BCUT2D eigenvalue weighted by molar-refractivity contribution is 0.0462. The molecule has 0 spiro atoms. The van der Waals surface area contributed by atoms with E-state index in [9.17, 15) is 9.90 Å². The lowest BCUT2D eigenvalue weighted by Gasteiger charge is -2.33. The highest BCUT2D eigenvalue weighted by atomic mass is 32.1. The summed E-state index contributed by atoms with van der Waals surface area (Å²) in [4.78, 5) is 19.0. The first-order chi connectivity index (χ1) is 11.6. The topological polar surface area (TPSA) is 62.7 Å². The fourth-order valence-electron chi connectivity index (χ4n) is 2.99. The maximum absolute atomic E-state index is 12.7. The van der Waals surface area contributed by atoms with Crippen LogP contribution in [0, 0.1) is 5.92 Å². The molecule has 1 saturated heterocycles. The lowest BCUT2D eigenvalue weighted by atomic mass is 9.93. The third kappa shape index (κ3) is 3.60. The van der Waals surface area contributed by atoms with E-state index in [0.717, 1.165) is 35.7 Å². The van der Waals surface area contributed by atoms with E-state index < -0.39 is 0 Å². The van der Waals surface area contributed by atoms with E-state index in [1.807, 2.05) is 34.5 Å². The predicted octanol–water partition coefficient (Wildman–Crippen LogP) is 3.05. The number of aliphatic hydroxyl groups is 1. The molecular weight excluding hydrogens is 324 g/mol. The summed E-state index contributed by atoms with van der Waals surface area (Å²) in [6, 6.07) is 7.65. The first-order valence-corrected chi connectivity index (χ1v) is 9.03. The van der Waals surface area contributed by atoms with Gasteiger partial charge in [0.15, 0.2) is 0 Å². The average Bonchev–Trinajstić information content (AvgIpc) is 3.11. The number of nitrogens with zero attached hydrogens (tertiary/aromatic N) is 2. The second kappa shape index (κ2) is 7.32. The van der Waals surface area contributed by atoms with Gasteiger partial charge in [-0.3, -0.25) is 4.79 Å². The van der Waals surface area contributed by atoms with Crippen LogP contribution in [-0.4, -0.2) is 47.2 Å². The molecule has 128 valence electrons. The Balaban J connectivity index is 1.73. The van der Waals surface area contributed by atoms with Crippen LogP contribution in [0.15, 0.2) is 29.6 Å². The molecule has 1 amide bonds. The molecule has 1 aliphatic rings. The van der Waals surface area contributed by atoms with Gasteiger partial charge in [-0.15, -0.1) is 11.3 Å². The smallest absolute Gasteiger partial charge is 0.273 e. The van der Waals surface area contributed by atoms with Crippen molar-refractivity contribution in [3.63, 3.8) is 0 Å². The molecule has 1 aromatic carbocycles. The Morgan fingerprint density at radius 3 is 2.83 bits per heavy atom. The number of likely N-dealkylation sites (tertiary alicyclic amines) is 1. The first kappa shape index (κ1) is 16.9. The van der Waals surface area contributed by atoms with E-state index >= 15 is 0 Å². The molecule has 24 heavy (non-hydrogen) atoms. The monoisotopic (exact) mass is 346 g/mol. The molecule has 5 nitrogen and oxygen atoms in total. The molecule has 3 rings (SSSR count). The van der Waals surface area contributed by atoms with Gasteiger partial charge in [0.05, 0.1) is 13.2 Å². The summed E-state index contributed by atoms with van der Waals surface area (Å²) in [5.74, 6) is 0.905. The van der Waals surface area contributed by atoms with E-state index in [2.05, 4.69) is 4.98 Å². The van der Waals surface area contributed by atoms with Crippen LogP contribution in [0.3, 0.4) is 0 Å². The van der Waals surface area contributed by atoms with Crippen molar-refractivity contribution in [1.82, 2.24) is 9.88 Å². The number of rotatable bonds is 4. The molecular formula is C18H22N2O3S. The Hall–Kier alpha value is -1.92. The van der Waals surface area contributed by atoms with Gasteiger partial charge >= 0.3 is 0 Å². The van der Waals surface area contributed by atoms with E-state index in [1.54, 1.807) is 14.0 Å². The molecule has 0 radical (unpaired) electrons. The predicted molar refractivity (Wildman–Crippen MR) is 94.4 cm³/mol. The summed E-state index contributed by atoms with van der Waals surface area (Å²) in [5.41, 5.74) is 1.46. The van der Waals surface area contributed by atoms with Gasteiger partial charge in [0, 0.05) is 30.0 Å². The van der Waals surface area contributed by atoms with Crippen molar-refractivity contribution >= 4 is 17.2 Å². The Morgan fingerprint density at radius 2 is 2.17 bits per heavy atom. The zero-order valence-corrected chi connectivity index (χ0v) is 14.8. The highest BCUT2D eigenvalue weighted by molar-refractivity contribution is 7.13. The minimum absolute atomic E-state index is 0.0450. The number of aromatic nitrogens is 1. The number of aliphatic hydroxyl groups excluding tert-OH is 1. The van der Waals surface area contributed by atoms with Crippen LogP contribution in [0.4, 0.5) is 0 Å². The van der Waals surface area contributed by atoms with Crippen molar-refractivity contribution in [2.75, 3.05) is 20.2 Å². The maximum atomic E-state index is 12.7. The number of carbonyl (C=O) groups is 1. The molecule has 6 heteroatoms. The van der Waals surface area contributed by atoms with Gasteiger partial charge in [-0.05, 0) is 44.0 Å². The number of methoxy groups -OCH3 is 1. The summed E-state index contributed by atoms with van der Waals surface area (Å²) in [5, 5.41) is 12.4. The van der Waals surface area contributed by atoms with Crippen molar-refractivity contribution in [3.05, 3.63) is 35.3 Å². The molecule has 0 saturated carbocycles. The zero-order chi connectivity index (χ0) is 17.1. The molecule has 0 bridgehead atoms. The van der Waals surface area contributed by atoms with Gasteiger partial charge in [0.25, 0.3) is 5.91 Å². The zero-order valence-electron chi connectivity index (χ0n) is 13.9. The number of benzene rings is 1. The van der Waals surface area contributed by atoms with Gasteiger partial charge in [-0.25, -0.2) is 4.98 Å². The molecule has 2 unspecified atom stereocenters. The molecule has 2 atom stereocenters. The van der Waals surface area contributed by atoms with Crippen molar-refractivity contribution in [3.8, 4) is 16.3 Å². The third-order valence-corrected chi connectivity index (χ3v) is 5.38. The number of piperidine rings is 1. The van der Waals surface area contributed by atoms with E-state index in [4.69, 9.17) is 4.74 Å². The summed E-state index contributed by atoms with van der Waals surface area (Å²) in [7, 11) is 1.63. The molecule has 1 fully saturated rings. The standard InChI is InChI=1S/C18H22N2O3S/c1-12(21)14-4-3-9-20(10-14)18(22)16-11-24-17(19-16)13-5-7-15(23-2)8-6-13/h5-8,11-12,14,21H,3-4,9-10H2,1-2H3. The fraction of sp³-hybridized carbons (Fsp3) is 0.444. The van der Waals surface area contributed by atoms with Crippen molar-refractivity contribution < 1.29 is 14.6 Å². The van der Waals surface area contributed by atoms with Gasteiger partial charge in [0.2, 0.25) is 0 Å². The van der Waals surface area contributed by atoms with Crippen LogP contribution in [-0.2, 0) is 0 Å². The summed E-state index contributed by atoms with van der Waals surface area (Å²) in [6.07, 6.45) is 1.51. The number of hydrogen-bond acceptors (Lipinski definition) is 5. The number of thiazole rings is 1. The van der Waals surface area contributed by atoms with Crippen LogP contribution < -0.4 is 4.74 Å². The Labute approximate surface area is 145 Å².